The van der Waals surface area contributed by atoms with Crippen LogP contribution < -0.4 is 15.4 Å². The number of nitrogens with zero attached hydrogens (tertiary/aromatic N) is 2. The molecule has 1 unspecified atom stereocenters. The number of carbonyl (C=O) groups is 2. The molecule has 0 saturated carbocycles. The zero-order chi connectivity index (χ0) is 22.3. The number of aromatic nitrogens is 1. The Bertz CT molecular complexity index is 990. The van der Waals surface area contributed by atoms with E-state index in [0.29, 0.717) is 23.8 Å². The van der Waals surface area contributed by atoms with Gasteiger partial charge in [-0.25, -0.2) is 4.98 Å². The lowest BCUT2D eigenvalue weighted by Crippen LogP contribution is -2.40. The van der Waals surface area contributed by atoms with Crippen LogP contribution in [0.2, 0.25) is 0 Å². The van der Waals surface area contributed by atoms with Crippen molar-refractivity contribution in [1.29, 1.82) is 0 Å². The van der Waals surface area contributed by atoms with Crippen molar-refractivity contribution in [2.24, 2.45) is 0 Å². The van der Waals surface area contributed by atoms with Crippen LogP contribution in [0.4, 0.5) is 5.69 Å². The Balaban J connectivity index is 1.32. The number of likely N-dealkylation sites (tertiary alicyclic amines) is 1. The minimum Gasteiger partial charge on any atom is -0.431 e. The first-order chi connectivity index (χ1) is 15.6. The van der Waals surface area contributed by atoms with Crippen LogP contribution in [-0.2, 0) is 4.79 Å². The number of piperidine rings is 1. The van der Waals surface area contributed by atoms with Gasteiger partial charge in [0.25, 0.3) is 11.8 Å². The van der Waals surface area contributed by atoms with E-state index in [9.17, 15) is 9.59 Å². The summed E-state index contributed by atoms with van der Waals surface area (Å²) in [7, 11) is 0. The van der Waals surface area contributed by atoms with Gasteiger partial charge in [0.15, 0.2) is 5.76 Å². The first-order valence-electron chi connectivity index (χ1n) is 11.4. The maximum Gasteiger partial charge on any atom is 0.291 e. The predicted molar refractivity (Wildman–Crippen MR) is 124 cm³/mol. The van der Waals surface area contributed by atoms with Crippen molar-refractivity contribution in [1.82, 2.24) is 15.2 Å². The van der Waals surface area contributed by atoms with Crippen LogP contribution in [0.3, 0.4) is 0 Å². The second kappa shape index (κ2) is 10.4. The molecular formula is C25H30N4O3. The van der Waals surface area contributed by atoms with Crippen LogP contribution in [0.15, 0.2) is 48.4 Å². The number of fused-ring (bicyclic) bond motifs is 1. The minimum absolute atomic E-state index is 0.163. The summed E-state index contributed by atoms with van der Waals surface area (Å²) in [6.45, 7) is 5.01. The first kappa shape index (κ1) is 22.0. The summed E-state index contributed by atoms with van der Waals surface area (Å²) >= 11 is 0. The molecule has 7 heteroatoms. The fourth-order valence-corrected chi connectivity index (χ4v) is 4.28. The van der Waals surface area contributed by atoms with E-state index < -0.39 is 0 Å². The van der Waals surface area contributed by atoms with Crippen LogP contribution in [0.5, 0.6) is 5.88 Å². The molecule has 2 N–H and O–H groups in total. The Morgan fingerprint density at radius 3 is 2.97 bits per heavy atom. The van der Waals surface area contributed by atoms with Crippen LogP contribution in [0.25, 0.3) is 6.08 Å². The molecule has 1 fully saturated rings. The van der Waals surface area contributed by atoms with Gasteiger partial charge in [-0.1, -0.05) is 43.7 Å². The number of hydrogen-bond acceptors (Lipinski definition) is 5. The molecular weight excluding hydrogens is 404 g/mol. The lowest BCUT2D eigenvalue weighted by atomic mass is 10.00. The Labute approximate surface area is 188 Å². The largest absolute Gasteiger partial charge is 0.431 e. The van der Waals surface area contributed by atoms with Gasteiger partial charge in [0.1, 0.15) is 5.69 Å². The monoisotopic (exact) mass is 434 g/mol. The molecule has 0 aliphatic carbocycles. The molecule has 4 rings (SSSR count). The molecule has 0 bridgehead atoms. The molecule has 1 aromatic carbocycles. The Morgan fingerprint density at radius 1 is 1.31 bits per heavy atom. The lowest BCUT2D eigenvalue weighted by molar-refractivity contribution is -0.115. The minimum atomic E-state index is -0.368. The summed E-state index contributed by atoms with van der Waals surface area (Å²) in [5.74, 6) is -0.130. The van der Waals surface area contributed by atoms with Gasteiger partial charge in [-0.15, -0.1) is 0 Å². The fraction of sp³-hybridized carbons (Fsp3) is 0.400. The highest BCUT2D eigenvalue weighted by atomic mass is 16.5. The maximum atomic E-state index is 12.6. The van der Waals surface area contributed by atoms with E-state index in [2.05, 4.69) is 27.4 Å². The molecule has 2 aliphatic rings. The summed E-state index contributed by atoms with van der Waals surface area (Å²) < 4.78 is 5.67. The summed E-state index contributed by atoms with van der Waals surface area (Å²) in [5.41, 5.74) is 1.64. The quantitative estimate of drug-likeness (QED) is 0.511. The molecule has 1 saturated heterocycles. The molecule has 7 nitrogen and oxygen atoms in total. The standard InChI is InChI=1S/C25H30N4O3/c1-2-20-11-6-7-13-29(20)14-8-12-26-23(30)19-16-21-25(27-17-19)32-22(24(31)28-21)15-18-9-4-3-5-10-18/h3-5,9-10,15-17,20H,2,6-8,11-14H2,1H3,(H,26,30)(H,28,31)/b22-15-. The molecule has 2 aromatic rings. The molecule has 3 heterocycles. The summed E-state index contributed by atoms with van der Waals surface area (Å²) in [5, 5.41) is 5.73. The van der Waals surface area contributed by atoms with Gasteiger partial charge in [-0.3, -0.25) is 9.59 Å². The Hall–Kier alpha value is -3.19. The normalized spacial score (nSPS) is 19.7. The molecule has 2 amide bonds. The number of carbonyl (C=O) groups excluding carboxylic acids is 2. The zero-order valence-corrected chi connectivity index (χ0v) is 18.5. The van der Waals surface area contributed by atoms with Crippen molar-refractivity contribution >= 4 is 23.6 Å². The Kier molecular flexibility index (Phi) is 7.17. The van der Waals surface area contributed by atoms with Gasteiger partial charge in [0.2, 0.25) is 5.88 Å². The smallest absolute Gasteiger partial charge is 0.291 e. The van der Waals surface area contributed by atoms with Gasteiger partial charge >= 0.3 is 0 Å². The lowest BCUT2D eigenvalue weighted by Gasteiger charge is -2.35. The molecule has 1 atom stereocenters. The van der Waals surface area contributed by atoms with E-state index >= 15 is 0 Å². The number of benzene rings is 1. The number of ether oxygens (including phenoxy) is 1. The number of nitrogens with one attached hydrogen (secondary N) is 2. The van der Waals surface area contributed by atoms with Crippen LogP contribution in [0, 0.1) is 0 Å². The SMILES string of the molecule is CCC1CCCCN1CCCNC(=O)c1cnc2c(c1)NC(=O)/C(=C/c1ccccc1)O2. The third-order valence-electron chi connectivity index (χ3n) is 6.02. The van der Waals surface area contributed by atoms with Gasteiger partial charge in [-0.2, -0.15) is 0 Å². The van der Waals surface area contributed by atoms with Gasteiger partial charge in [-0.05, 0) is 49.9 Å². The predicted octanol–water partition coefficient (Wildman–Crippen LogP) is 3.84. The van der Waals surface area contributed by atoms with Crippen molar-refractivity contribution in [3.05, 3.63) is 59.5 Å². The second-order valence-electron chi connectivity index (χ2n) is 8.26. The number of pyridine rings is 1. The van der Waals surface area contributed by atoms with Gasteiger partial charge in [0.05, 0.1) is 5.56 Å². The van der Waals surface area contributed by atoms with Gasteiger partial charge < -0.3 is 20.3 Å². The van der Waals surface area contributed by atoms with Crippen LogP contribution >= 0.6 is 0 Å². The number of amides is 2. The molecule has 168 valence electrons. The van der Waals surface area contributed by atoms with Gasteiger partial charge in [0, 0.05) is 25.3 Å². The van der Waals surface area contributed by atoms with Crippen LogP contribution in [-0.4, -0.2) is 47.4 Å². The summed E-state index contributed by atoms with van der Waals surface area (Å²) in [6.07, 6.45) is 9.09. The summed E-state index contributed by atoms with van der Waals surface area (Å²) in [6, 6.07) is 11.7. The topological polar surface area (TPSA) is 83.6 Å². The molecule has 0 spiro atoms. The average molecular weight is 435 g/mol. The highest BCUT2D eigenvalue weighted by molar-refractivity contribution is 6.08. The van der Waals surface area contributed by atoms with E-state index in [-0.39, 0.29) is 23.5 Å². The van der Waals surface area contributed by atoms with Crippen molar-refractivity contribution in [3.63, 3.8) is 0 Å². The van der Waals surface area contributed by atoms with E-state index in [0.717, 1.165) is 25.1 Å². The maximum absolute atomic E-state index is 12.6. The van der Waals surface area contributed by atoms with Crippen molar-refractivity contribution in [2.75, 3.05) is 25.0 Å². The average Bonchev–Trinajstić information content (AvgIpc) is 2.82. The fourth-order valence-electron chi connectivity index (χ4n) is 4.28. The third-order valence-corrected chi connectivity index (χ3v) is 6.02. The highest BCUT2D eigenvalue weighted by Gasteiger charge is 2.24. The van der Waals surface area contributed by atoms with E-state index in [1.807, 2.05) is 30.3 Å². The molecule has 2 aliphatic heterocycles. The number of anilines is 1. The highest BCUT2D eigenvalue weighted by Crippen LogP contribution is 2.30. The van der Waals surface area contributed by atoms with Crippen LogP contribution in [0.1, 0.15) is 54.9 Å². The van der Waals surface area contributed by atoms with Crippen molar-refractivity contribution in [3.8, 4) is 5.88 Å². The van der Waals surface area contributed by atoms with E-state index in [1.165, 1.54) is 31.9 Å². The molecule has 32 heavy (non-hydrogen) atoms. The van der Waals surface area contributed by atoms with E-state index in [1.54, 1.807) is 12.1 Å². The molecule has 1 aromatic heterocycles. The third kappa shape index (κ3) is 5.34. The zero-order valence-electron chi connectivity index (χ0n) is 18.5. The Morgan fingerprint density at radius 2 is 2.16 bits per heavy atom. The molecule has 0 radical (unpaired) electrons. The van der Waals surface area contributed by atoms with E-state index in [4.69, 9.17) is 4.74 Å². The number of rotatable bonds is 7. The summed E-state index contributed by atoms with van der Waals surface area (Å²) in [4.78, 5) is 31.8. The second-order valence-corrected chi connectivity index (χ2v) is 8.26. The van der Waals surface area contributed by atoms with Crippen molar-refractivity contribution < 1.29 is 14.3 Å². The first-order valence-corrected chi connectivity index (χ1v) is 11.4. The van der Waals surface area contributed by atoms with Crippen molar-refractivity contribution in [2.45, 2.75) is 45.1 Å². The number of hydrogen-bond donors (Lipinski definition) is 2.